The molecular weight excluding hydrogens is 400 g/mol. The van der Waals surface area contributed by atoms with Crippen LogP contribution in [-0.2, 0) is 4.79 Å². The van der Waals surface area contributed by atoms with Crippen molar-refractivity contribution in [2.45, 2.75) is 37.8 Å². The summed E-state index contributed by atoms with van der Waals surface area (Å²) in [7, 11) is 1.59. The number of carbonyl (C=O) groups excluding carboxylic acids is 1. The summed E-state index contributed by atoms with van der Waals surface area (Å²) in [5.41, 5.74) is 1.68. The van der Waals surface area contributed by atoms with E-state index in [1.54, 1.807) is 30.7 Å². The van der Waals surface area contributed by atoms with Crippen LogP contribution in [0.5, 0.6) is 5.88 Å². The lowest BCUT2D eigenvalue weighted by atomic mass is 9.91. The van der Waals surface area contributed by atoms with E-state index in [0.29, 0.717) is 17.9 Å². The fourth-order valence-corrected chi connectivity index (χ4v) is 4.34. The van der Waals surface area contributed by atoms with Crippen LogP contribution >= 0.6 is 11.3 Å². The molecule has 3 N–H and O–H groups in total. The molecule has 0 spiro atoms. The number of fused-ring (bicyclic) bond motifs is 1. The summed E-state index contributed by atoms with van der Waals surface area (Å²) in [5.74, 6) is 1.79. The van der Waals surface area contributed by atoms with E-state index in [1.165, 1.54) is 6.08 Å². The van der Waals surface area contributed by atoms with Crippen LogP contribution in [0.2, 0.25) is 0 Å². The van der Waals surface area contributed by atoms with Gasteiger partial charge in [-0.2, -0.15) is 4.98 Å². The number of hydrogen-bond acceptors (Lipinski definition) is 8. The van der Waals surface area contributed by atoms with Gasteiger partial charge in [-0.25, -0.2) is 9.97 Å². The Morgan fingerprint density at radius 3 is 2.70 bits per heavy atom. The van der Waals surface area contributed by atoms with E-state index in [0.717, 1.165) is 47.4 Å². The van der Waals surface area contributed by atoms with Crippen LogP contribution in [0.1, 0.15) is 25.7 Å². The molecule has 8 nitrogen and oxygen atoms in total. The smallest absolute Gasteiger partial charge is 0.243 e. The second-order valence-electron chi connectivity index (χ2n) is 7.15. The van der Waals surface area contributed by atoms with Gasteiger partial charge in [0.15, 0.2) is 0 Å². The number of nitrogens with one attached hydrogen (secondary N) is 3. The highest BCUT2D eigenvalue weighted by molar-refractivity contribution is 7.17. The molecule has 1 fully saturated rings. The predicted octanol–water partition coefficient (Wildman–Crippen LogP) is 3.86. The molecule has 1 amide bonds. The van der Waals surface area contributed by atoms with Crippen molar-refractivity contribution in [3.8, 4) is 5.88 Å². The number of aromatic nitrogens is 3. The van der Waals surface area contributed by atoms with Gasteiger partial charge >= 0.3 is 0 Å². The number of amides is 1. The molecule has 3 heterocycles. The third-order valence-corrected chi connectivity index (χ3v) is 6.02. The summed E-state index contributed by atoms with van der Waals surface area (Å²) in [6.45, 7) is 3.51. The molecule has 0 atom stereocenters. The molecule has 1 saturated carbocycles. The highest BCUT2D eigenvalue weighted by Gasteiger charge is 2.23. The van der Waals surface area contributed by atoms with E-state index < -0.39 is 0 Å². The van der Waals surface area contributed by atoms with Crippen molar-refractivity contribution < 1.29 is 9.53 Å². The van der Waals surface area contributed by atoms with Crippen LogP contribution in [0.15, 0.2) is 42.4 Å². The normalized spacial score (nSPS) is 18.6. The number of ether oxygens (including phenoxy) is 1. The van der Waals surface area contributed by atoms with Crippen molar-refractivity contribution in [1.29, 1.82) is 0 Å². The third kappa shape index (κ3) is 4.68. The van der Waals surface area contributed by atoms with Crippen molar-refractivity contribution >= 4 is 44.9 Å². The van der Waals surface area contributed by atoms with Gasteiger partial charge in [-0.3, -0.25) is 4.79 Å². The van der Waals surface area contributed by atoms with Gasteiger partial charge in [0, 0.05) is 18.2 Å². The molecule has 3 aromatic rings. The molecule has 0 saturated heterocycles. The standard InChI is InChI=1S/C21H24N6O2S/c1-3-17(28)23-13-4-6-14(7-5-13)24-20-19-16(10-11-30-19)26-21(27-20)25-15-8-9-18(29-2)22-12-15/h3,8-14H,1,4-7H2,2H3,(H,23,28)(H2,24,25,26,27). The SMILES string of the molecule is C=CC(=O)NC1CCC(Nc2nc(Nc3ccc(OC)nc3)nc3ccsc23)CC1. The lowest BCUT2D eigenvalue weighted by molar-refractivity contribution is -0.117. The molecule has 0 aromatic carbocycles. The summed E-state index contributed by atoms with van der Waals surface area (Å²) in [5, 5.41) is 11.8. The summed E-state index contributed by atoms with van der Waals surface area (Å²) < 4.78 is 6.14. The van der Waals surface area contributed by atoms with E-state index in [1.807, 2.05) is 17.5 Å². The van der Waals surface area contributed by atoms with Crippen LogP contribution in [0, 0.1) is 0 Å². The van der Waals surface area contributed by atoms with Crippen LogP contribution in [-0.4, -0.2) is 40.1 Å². The number of pyridine rings is 1. The first-order chi connectivity index (χ1) is 14.6. The van der Waals surface area contributed by atoms with Gasteiger partial charge in [-0.05, 0) is 49.3 Å². The Kier molecular flexibility index (Phi) is 6.08. The highest BCUT2D eigenvalue weighted by Crippen LogP contribution is 2.31. The maximum atomic E-state index is 11.5. The Morgan fingerprint density at radius 1 is 1.20 bits per heavy atom. The topological polar surface area (TPSA) is 101 Å². The zero-order valence-corrected chi connectivity index (χ0v) is 17.5. The van der Waals surface area contributed by atoms with Crippen molar-refractivity contribution in [3.05, 3.63) is 42.4 Å². The minimum absolute atomic E-state index is 0.105. The molecule has 0 unspecified atom stereocenters. The zero-order chi connectivity index (χ0) is 20.9. The average Bonchev–Trinajstić information content (AvgIpc) is 3.24. The van der Waals surface area contributed by atoms with Gasteiger partial charge in [0.1, 0.15) is 5.82 Å². The number of nitrogens with zero attached hydrogens (tertiary/aromatic N) is 3. The quantitative estimate of drug-likeness (QED) is 0.495. The zero-order valence-electron chi connectivity index (χ0n) is 16.7. The Bertz CT molecular complexity index is 1030. The van der Waals surface area contributed by atoms with E-state index >= 15 is 0 Å². The van der Waals surface area contributed by atoms with Gasteiger partial charge < -0.3 is 20.7 Å². The van der Waals surface area contributed by atoms with Crippen LogP contribution in [0.4, 0.5) is 17.5 Å². The van der Waals surface area contributed by atoms with Gasteiger partial charge in [0.2, 0.25) is 17.7 Å². The Hall–Kier alpha value is -3.20. The predicted molar refractivity (Wildman–Crippen MR) is 119 cm³/mol. The van der Waals surface area contributed by atoms with Gasteiger partial charge in [-0.15, -0.1) is 11.3 Å². The molecule has 0 radical (unpaired) electrons. The van der Waals surface area contributed by atoms with Gasteiger partial charge in [0.05, 0.1) is 29.2 Å². The number of thiophene rings is 1. The average molecular weight is 425 g/mol. The molecule has 1 aliphatic carbocycles. The Balaban J connectivity index is 1.46. The maximum absolute atomic E-state index is 11.5. The fraction of sp³-hybridized carbons (Fsp3) is 0.333. The van der Waals surface area contributed by atoms with Crippen molar-refractivity contribution in [2.24, 2.45) is 0 Å². The lowest BCUT2D eigenvalue weighted by Crippen LogP contribution is -2.39. The van der Waals surface area contributed by atoms with Crippen molar-refractivity contribution in [1.82, 2.24) is 20.3 Å². The fourth-order valence-electron chi connectivity index (χ4n) is 3.56. The molecule has 3 aromatic heterocycles. The second kappa shape index (κ2) is 9.08. The largest absolute Gasteiger partial charge is 0.481 e. The third-order valence-electron chi connectivity index (χ3n) is 5.11. The second-order valence-corrected chi connectivity index (χ2v) is 8.07. The van der Waals surface area contributed by atoms with Crippen molar-refractivity contribution in [2.75, 3.05) is 17.7 Å². The van der Waals surface area contributed by atoms with Crippen molar-refractivity contribution in [3.63, 3.8) is 0 Å². The molecule has 1 aliphatic rings. The summed E-state index contributed by atoms with van der Waals surface area (Å²) in [6, 6.07) is 6.16. The molecule has 156 valence electrons. The minimum Gasteiger partial charge on any atom is -0.481 e. The molecule has 0 aliphatic heterocycles. The number of hydrogen-bond donors (Lipinski definition) is 3. The summed E-state index contributed by atoms with van der Waals surface area (Å²) in [6.07, 6.45) is 6.79. The van der Waals surface area contributed by atoms with Crippen LogP contribution in [0.3, 0.4) is 0 Å². The lowest BCUT2D eigenvalue weighted by Gasteiger charge is -2.29. The first kappa shape index (κ1) is 20.1. The Labute approximate surface area is 178 Å². The van der Waals surface area contributed by atoms with Crippen LogP contribution < -0.4 is 20.7 Å². The van der Waals surface area contributed by atoms with Crippen LogP contribution in [0.25, 0.3) is 10.2 Å². The van der Waals surface area contributed by atoms with E-state index in [9.17, 15) is 4.79 Å². The van der Waals surface area contributed by atoms with E-state index in [2.05, 4.69) is 32.5 Å². The highest BCUT2D eigenvalue weighted by atomic mass is 32.1. The first-order valence-corrected chi connectivity index (χ1v) is 10.7. The monoisotopic (exact) mass is 424 g/mol. The molecular formula is C21H24N6O2S. The maximum Gasteiger partial charge on any atom is 0.243 e. The van der Waals surface area contributed by atoms with E-state index in [-0.39, 0.29) is 11.9 Å². The molecule has 4 rings (SSSR count). The van der Waals surface area contributed by atoms with Gasteiger partial charge in [-0.1, -0.05) is 6.58 Å². The van der Waals surface area contributed by atoms with Gasteiger partial charge in [0.25, 0.3) is 0 Å². The first-order valence-electron chi connectivity index (χ1n) is 9.86. The minimum atomic E-state index is -0.105. The molecule has 30 heavy (non-hydrogen) atoms. The Morgan fingerprint density at radius 2 is 2.00 bits per heavy atom. The number of anilines is 3. The summed E-state index contributed by atoms with van der Waals surface area (Å²) in [4.78, 5) is 25.1. The summed E-state index contributed by atoms with van der Waals surface area (Å²) >= 11 is 1.62. The molecule has 0 bridgehead atoms. The number of rotatable bonds is 7. The molecule has 9 heteroatoms. The van der Waals surface area contributed by atoms with E-state index in [4.69, 9.17) is 9.72 Å². The number of carbonyl (C=O) groups is 1. The number of methoxy groups -OCH3 is 1.